The number of rotatable bonds is 5. The van der Waals surface area contributed by atoms with Crippen LogP contribution in [0.2, 0.25) is 5.02 Å². The van der Waals surface area contributed by atoms with E-state index in [2.05, 4.69) is 15.4 Å². The molecule has 22 heavy (non-hydrogen) atoms. The highest BCUT2D eigenvalue weighted by Gasteiger charge is 2.32. The number of nitrogens with one attached hydrogen (secondary N) is 1. The lowest BCUT2D eigenvalue weighted by atomic mass is 10.3. The summed E-state index contributed by atoms with van der Waals surface area (Å²) in [6.07, 6.45) is 1.97. The minimum absolute atomic E-state index is 0.0527. The lowest BCUT2D eigenvalue weighted by Crippen LogP contribution is -2.30. The Balaban J connectivity index is 1.95. The van der Waals surface area contributed by atoms with E-state index in [-0.39, 0.29) is 11.7 Å². The smallest absolute Gasteiger partial charge is 0.322 e. The molecule has 1 amide bonds. The van der Waals surface area contributed by atoms with Crippen molar-refractivity contribution in [2.24, 2.45) is 0 Å². The van der Waals surface area contributed by atoms with Crippen molar-refractivity contribution in [1.29, 1.82) is 0 Å². The second kappa shape index (κ2) is 5.76. The highest BCUT2D eigenvalue weighted by Crippen LogP contribution is 2.40. The van der Waals surface area contributed by atoms with Gasteiger partial charge in [-0.2, -0.15) is 0 Å². The van der Waals surface area contributed by atoms with Gasteiger partial charge in [-0.1, -0.05) is 23.7 Å². The molecule has 0 saturated heterocycles. The topological polar surface area (TPSA) is 97.1 Å². The first-order valence-electron chi connectivity index (χ1n) is 6.78. The maximum Gasteiger partial charge on any atom is 0.322 e. The number of hydrogen-bond acceptors (Lipinski definition) is 4. The van der Waals surface area contributed by atoms with Gasteiger partial charge in [0.2, 0.25) is 5.82 Å². The number of benzene rings is 1. The molecule has 1 heterocycles. The van der Waals surface area contributed by atoms with Crippen LogP contribution in [0.1, 0.15) is 35.2 Å². The highest BCUT2D eigenvalue weighted by molar-refractivity contribution is 6.32. The maximum absolute atomic E-state index is 11.9. The van der Waals surface area contributed by atoms with Gasteiger partial charge >= 0.3 is 5.97 Å². The van der Waals surface area contributed by atoms with Crippen LogP contribution in [0.15, 0.2) is 24.3 Å². The number of carbonyl (C=O) groups is 2. The molecule has 2 aromatic rings. The normalized spacial score (nSPS) is 13.9. The third-order valence-corrected chi connectivity index (χ3v) is 3.58. The molecule has 1 aromatic carbocycles. The van der Waals surface area contributed by atoms with Gasteiger partial charge in [-0.05, 0) is 25.0 Å². The summed E-state index contributed by atoms with van der Waals surface area (Å²) < 4.78 is 1.57. The average Bonchev–Trinajstić information content (AvgIpc) is 3.24. The van der Waals surface area contributed by atoms with E-state index in [1.807, 2.05) is 6.07 Å². The molecule has 1 aliphatic carbocycles. The van der Waals surface area contributed by atoms with Crippen LogP contribution in [0.5, 0.6) is 0 Å². The molecule has 1 aliphatic rings. The minimum atomic E-state index is -1.12. The van der Waals surface area contributed by atoms with Crippen molar-refractivity contribution in [3.63, 3.8) is 0 Å². The predicted octanol–water partition coefficient (Wildman–Crippen LogP) is 1.61. The van der Waals surface area contributed by atoms with Gasteiger partial charge in [0.25, 0.3) is 5.91 Å². The number of carboxylic acid groups (broad SMARTS) is 1. The van der Waals surface area contributed by atoms with Crippen LogP contribution in [-0.2, 0) is 4.79 Å². The average molecular weight is 321 g/mol. The fraction of sp³-hybridized carbons (Fsp3) is 0.286. The molecule has 0 atom stereocenters. The summed E-state index contributed by atoms with van der Waals surface area (Å²) in [6.45, 7) is -0.474. The fourth-order valence-corrected chi connectivity index (χ4v) is 2.28. The van der Waals surface area contributed by atoms with Crippen LogP contribution in [0.25, 0.3) is 5.69 Å². The van der Waals surface area contributed by atoms with E-state index in [1.54, 1.807) is 22.9 Å². The molecule has 8 heteroatoms. The zero-order valence-corrected chi connectivity index (χ0v) is 12.2. The Morgan fingerprint density at radius 1 is 1.36 bits per heavy atom. The molecule has 0 spiro atoms. The summed E-state index contributed by atoms with van der Waals surface area (Å²) in [4.78, 5) is 26.7. The molecule has 0 radical (unpaired) electrons. The summed E-state index contributed by atoms with van der Waals surface area (Å²) in [5, 5.41) is 15.6. The van der Waals surface area contributed by atoms with Crippen LogP contribution in [0, 0.1) is 0 Å². The van der Waals surface area contributed by atoms with Crippen molar-refractivity contribution in [3.05, 3.63) is 40.9 Å². The number of halogens is 1. The molecule has 7 nitrogen and oxygen atoms in total. The first-order valence-corrected chi connectivity index (χ1v) is 7.16. The van der Waals surface area contributed by atoms with Crippen LogP contribution in [0.3, 0.4) is 0 Å². The lowest BCUT2D eigenvalue weighted by Gasteiger charge is -2.06. The zero-order valence-electron chi connectivity index (χ0n) is 11.5. The van der Waals surface area contributed by atoms with Crippen molar-refractivity contribution in [2.45, 2.75) is 18.8 Å². The summed E-state index contributed by atoms with van der Waals surface area (Å²) >= 11 is 6.18. The molecule has 0 aliphatic heterocycles. The quantitative estimate of drug-likeness (QED) is 0.872. The van der Waals surface area contributed by atoms with Crippen molar-refractivity contribution >= 4 is 23.5 Å². The molecule has 3 rings (SSSR count). The highest BCUT2D eigenvalue weighted by atomic mass is 35.5. The Kier molecular flexibility index (Phi) is 3.81. The van der Waals surface area contributed by atoms with E-state index in [0.29, 0.717) is 16.5 Å². The van der Waals surface area contributed by atoms with E-state index >= 15 is 0 Å². The third kappa shape index (κ3) is 2.94. The van der Waals surface area contributed by atoms with Gasteiger partial charge in [0, 0.05) is 5.92 Å². The number of para-hydroxylation sites is 1. The summed E-state index contributed by atoms with van der Waals surface area (Å²) in [6, 6.07) is 7.16. The van der Waals surface area contributed by atoms with Gasteiger partial charge in [0.15, 0.2) is 0 Å². The van der Waals surface area contributed by atoms with Crippen LogP contribution in [-0.4, -0.2) is 38.3 Å². The summed E-state index contributed by atoms with van der Waals surface area (Å²) in [5.41, 5.74) is 0.649. The van der Waals surface area contributed by atoms with Gasteiger partial charge in [-0.3, -0.25) is 9.59 Å². The van der Waals surface area contributed by atoms with Crippen molar-refractivity contribution < 1.29 is 14.7 Å². The van der Waals surface area contributed by atoms with Crippen molar-refractivity contribution in [1.82, 2.24) is 20.1 Å². The minimum Gasteiger partial charge on any atom is -0.480 e. The standard InChI is InChI=1S/C14H13ClN4O3/c15-9-3-1-2-4-10(9)19-13(8-5-6-8)17-12(18-19)14(22)16-7-11(20)21/h1-4,8H,5-7H2,(H,16,22)(H,20,21). The second-order valence-electron chi connectivity index (χ2n) is 5.01. The Bertz CT molecular complexity index is 739. The number of hydrogen-bond donors (Lipinski definition) is 2. The van der Waals surface area contributed by atoms with Gasteiger partial charge in [0.05, 0.1) is 10.7 Å². The van der Waals surface area contributed by atoms with Gasteiger partial charge in [-0.25, -0.2) is 9.67 Å². The molecular formula is C14H13ClN4O3. The van der Waals surface area contributed by atoms with Crippen LogP contribution in [0.4, 0.5) is 0 Å². The second-order valence-corrected chi connectivity index (χ2v) is 5.41. The predicted molar refractivity (Wildman–Crippen MR) is 78.3 cm³/mol. The zero-order chi connectivity index (χ0) is 15.7. The lowest BCUT2D eigenvalue weighted by molar-refractivity contribution is -0.135. The SMILES string of the molecule is O=C(O)CNC(=O)c1nc(C2CC2)n(-c2ccccc2Cl)n1. The third-order valence-electron chi connectivity index (χ3n) is 3.26. The van der Waals surface area contributed by atoms with E-state index < -0.39 is 18.4 Å². The molecule has 0 unspecified atom stereocenters. The van der Waals surface area contributed by atoms with E-state index in [9.17, 15) is 9.59 Å². The van der Waals surface area contributed by atoms with E-state index in [1.165, 1.54) is 0 Å². The number of carbonyl (C=O) groups excluding carboxylic acids is 1. The molecule has 114 valence electrons. The Morgan fingerprint density at radius 3 is 2.73 bits per heavy atom. The Labute approximate surface area is 130 Å². The molecule has 0 bridgehead atoms. The Morgan fingerprint density at radius 2 is 2.09 bits per heavy atom. The van der Waals surface area contributed by atoms with E-state index in [0.717, 1.165) is 12.8 Å². The molecule has 1 fully saturated rings. The summed E-state index contributed by atoms with van der Waals surface area (Å²) in [7, 11) is 0. The molecular weight excluding hydrogens is 308 g/mol. The summed E-state index contributed by atoms with van der Waals surface area (Å²) in [5.74, 6) is -0.863. The number of amides is 1. The van der Waals surface area contributed by atoms with Gasteiger partial charge < -0.3 is 10.4 Å². The Hall–Kier alpha value is -2.41. The monoisotopic (exact) mass is 320 g/mol. The number of aliphatic carboxylic acids is 1. The van der Waals surface area contributed by atoms with Gasteiger partial charge in [-0.15, -0.1) is 5.10 Å². The molecule has 1 aromatic heterocycles. The number of aromatic nitrogens is 3. The van der Waals surface area contributed by atoms with Crippen LogP contribution < -0.4 is 5.32 Å². The van der Waals surface area contributed by atoms with E-state index in [4.69, 9.17) is 16.7 Å². The maximum atomic E-state index is 11.9. The first kappa shape index (κ1) is 14.5. The molecule has 2 N–H and O–H groups in total. The number of nitrogens with zero attached hydrogens (tertiary/aromatic N) is 3. The first-order chi connectivity index (χ1) is 10.6. The van der Waals surface area contributed by atoms with Crippen LogP contribution >= 0.6 is 11.6 Å². The van der Waals surface area contributed by atoms with Crippen molar-refractivity contribution in [2.75, 3.05) is 6.54 Å². The van der Waals surface area contributed by atoms with Gasteiger partial charge in [0.1, 0.15) is 12.4 Å². The molecule has 1 saturated carbocycles. The fourth-order valence-electron chi connectivity index (χ4n) is 2.06. The number of carboxylic acids is 1. The largest absolute Gasteiger partial charge is 0.480 e. The van der Waals surface area contributed by atoms with Crippen molar-refractivity contribution in [3.8, 4) is 5.69 Å².